The van der Waals surface area contributed by atoms with Gasteiger partial charge in [0.1, 0.15) is 17.3 Å². The number of aromatic carboxylic acids is 1. The molecule has 0 saturated heterocycles. The van der Waals surface area contributed by atoms with Gasteiger partial charge in [0.15, 0.2) is 0 Å². The number of nitrogens with one attached hydrogen (secondary N) is 2. The molecule has 6 heteroatoms. The van der Waals surface area contributed by atoms with Crippen molar-refractivity contribution in [1.29, 1.82) is 0 Å². The van der Waals surface area contributed by atoms with Gasteiger partial charge in [0.2, 0.25) is 0 Å². The van der Waals surface area contributed by atoms with E-state index in [1.54, 1.807) is 6.20 Å². The lowest BCUT2D eigenvalue weighted by Gasteiger charge is -2.09. The second kappa shape index (κ2) is 8.23. The number of fused-ring (bicyclic) bond motifs is 2. The zero-order valence-electron chi connectivity index (χ0n) is 17.7. The zero-order valence-corrected chi connectivity index (χ0v) is 17.7. The lowest BCUT2D eigenvalue weighted by molar-refractivity contribution is 0.0690. The van der Waals surface area contributed by atoms with Crippen molar-refractivity contribution in [2.75, 3.05) is 6.61 Å². The third-order valence-corrected chi connectivity index (χ3v) is 5.73. The first kappa shape index (κ1) is 19.9. The van der Waals surface area contributed by atoms with Crippen LogP contribution in [0, 0.1) is 6.92 Å². The highest BCUT2D eigenvalue weighted by atomic mass is 16.5. The van der Waals surface area contributed by atoms with E-state index in [4.69, 9.17) is 4.74 Å². The summed E-state index contributed by atoms with van der Waals surface area (Å²) in [6.07, 6.45) is 3.06. The van der Waals surface area contributed by atoms with Gasteiger partial charge in [-0.1, -0.05) is 54.6 Å². The average Bonchev–Trinajstić information content (AvgIpc) is 3.40. The molecule has 2 heterocycles. The lowest BCUT2D eigenvalue weighted by Crippen LogP contribution is -2.04. The number of H-pyrrole nitrogens is 2. The maximum atomic E-state index is 12.0. The topological polar surface area (TPSA) is 91.0 Å². The molecule has 0 aliphatic carbocycles. The second-order valence-electron chi connectivity index (χ2n) is 7.82. The molecular formula is C26H23N3O3. The van der Waals surface area contributed by atoms with E-state index in [9.17, 15) is 9.90 Å². The summed E-state index contributed by atoms with van der Waals surface area (Å²) < 4.78 is 6.05. The van der Waals surface area contributed by atoms with Crippen LogP contribution in [0.15, 0.2) is 66.9 Å². The highest BCUT2D eigenvalue weighted by Crippen LogP contribution is 2.32. The highest BCUT2D eigenvalue weighted by Gasteiger charge is 2.19. The fourth-order valence-electron chi connectivity index (χ4n) is 4.25. The molecule has 0 bridgehead atoms. The lowest BCUT2D eigenvalue weighted by atomic mass is 10.0. The molecule has 3 aromatic carbocycles. The number of imidazole rings is 1. The molecule has 6 nitrogen and oxygen atoms in total. The Morgan fingerprint density at radius 2 is 1.78 bits per heavy atom. The Kier molecular flexibility index (Phi) is 5.11. The number of benzene rings is 3. The van der Waals surface area contributed by atoms with Crippen LogP contribution in [-0.2, 0) is 6.42 Å². The molecule has 160 valence electrons. The van der Waals surface area contributed by atoms with Crippen LogP contribution in [0.4, 0.5) is 0 Å². The van der Waals surface area contributed by atoms with Gasteiger partial charge in [-0.3, -0.25) is 0 Å². The SMILES string of the molecule is Cc1ncc(-c2cccc3c(CCCOc4cccc5ccccc45)c(C(=O)O)[nH]c23)[nH]1. The summed E-state index contributed by atoms with van der Waals surface area (Å²) in [5.41, 5.74) is 3.60. The summed E-state index contributed by atoms with van der Waals surface area (Å²) in [6.45, 7) is 2.39. The largest absolute Gasteiger partial charge is 0.493 e. The van der Waals surface area contributed by atoms with Crippen LogP contribution in [0.25, 0.3) is 32.9 Å². The minimum absolute atomic E-state index is 0.230. The molecule has 0 amide bonds. The first-order valence-electron chi connectivity index (χ1n) is 10.6. The molecule has 0 atom stereocenters. The van der Waals surface area contributed by atoms with E-state index in [0.717, 1.165) is 50.1 Å². The van der Waals surface area contributed by atoms with Crippen molar-refractivity contribution < 1.29 is 14.6 Å². The number of carboxylic acid groups (broad SMARTS) is 1. The molecule has 0 spiro atoms. The van der Waals surface area contributed by atoms with Gasteiger partial charge in [0, 0.05) is 16.3 Å². The van der Waals surface area contributed by atoms with Crippen molar-refractivity contribution in [3.05, 3.63) is 83.9 Å². The van der Waals surface area contributed by atoms with Crippen LogP contribution >= 0.6 is 0 Å². The second-order valence-corrected chi connectivity index (χ2v) is 7.82. The zero-order chi connectivity index (χ0) is 22.1. The monoisotopic (exact) mass is 425 g/mol. The van der Waals surface area contributed by atoms with Gasteiger partial charge in [0.05, 0.1) is 24.0 Å². The van der Waals surface area contributed by atoms with Crippen molar-refractivity contribution in [3.63, 3.8) is 0 Å². The van der Waals surface area contributed by atoms with Crippen molar-refractivity contribution >= 4 is 27.6 Å². The van der Waals surface area contributed by atoms with Gasteiger partial charge in [-0.05, 0) is 36.8 Å². The van der Waals surface area contributed by atoms with E-state index >= 15 is 0 Å². The van der Waals surface area contributed by atoms with Gasteiger partial charge < -0.3 is 19.8 Å². The summed E-state index contributed by atoms with van der Waals surface area (Å²) >= 11 is 0. The number of para-hydroxylation sites is 1. The molecule has 3 N–H and O–H groups in total. The first-order chi connectivity index (χ1) is 15.6. The van der Waals surface area contributed by atoms with E-state index in [2.05, 4.69) is 27.1 Å². The molecular weight excluding hydrogens is 402 g/mol. The predicted octanol–water partition coefficient (Wildman–Crippen LogP) is 5.73. The first-order valence-corrected chi connectivity index (χ1v) is 10.6. The van der Waals surface area contributed by atoms with Crippen LogP contribution < -0.4 is 4.74 Å². The third-order valence-electron chi connectivity index (χ3n) is 5.73. The summed E-state index contributed by atoms with van der Waals surface area (Å²) in [4.78, 5) is 22.6. The van der Waals surface area contributed by atoms with E-state index in [1.807, 2.05) is 55.5 Å². The van der Waals surface area contributed by atoms with Crippen molar-refractivity contribution in [1.82, 2.24) is 15.0 Å². The van der Waals surface area contributed by atoms with E-state index < -0.39 is 5.97 Å². The van der Waals surface area contributed by atoms with E-state index in [0.29, 0.717) is 19.4 Å². The van der Waals surface area contributed by atoms with E-state index in [1.165, 1.54) is 0 Å². The number of nitrogens with zero attached hydrogens (tertiary/aromatic N) is 1. The molecule has 0 unspecified atom stereocenters. The molecule has 0 aliphatic heterocycles. The minimum atomic E-state index is -0.960. The Balaban J connectivity index is 1.40. The number of rotatable bonds is 7. The number of aryl methyl sites for hydroxylation is 2. The predicted molar refractivity (Wildman–Crippen MR) is 125 cm³/mol. The van der Waals surface area contributed by atoms with Crippen LogP contribution in [0.1, 0.15) is 28.3 Å². The summed E-state index contributed by atoms with van der Waals surface area (Å²) in [7, 11) is 0. The smallest absolute Gasteiger partial charge is 0.352 e. The molecule has 5 rings (SSSR count). The molecule has 0 aliphatic rings. The number of aromatic nitrogens is 3. The fraction of sp³-hybridized carbons (Fsp3) is 0.154. The Labute approximate surface area is 184 Å². The normalized spacial score (nSPS) is 11.3. The number of ether oxygens (including phenoxy) is 1. The maximum absolute atomic E-state index is 12.0. The van der Waals surface area contributed by atoms with Gasteiger partial charge in [-0.2, -0.15) is 0 Å². The summed E-state index contributed by atoms with van der Waals surface area (Å²) in [5, 5.41) is 12.9. The Morgan fingerprint density at radius 1 is 1.00 bits per heavy atom. The van der Waals surface area contributed by atoms with Gasteiger partial charge in [-0.25, -0.2) is 9.78 Å². The van der Waals surface area contributed by atoms with Gasteiger partial charge in [-0.15, -0.1) is 0 Å². The number of aromatic amines is 2. The quantitative estimate of drug-likeness (QED) is 0.291. The molecule has 0 radical (unpaired) electrons. The Hall–Kier alpha value is -4.06. The average molecular weight is 425 g/mol. The fourth-order valence-corrected chi connectivity index (χ4v) is 4.25. The highest BCUT2D eigenvalue weighted by molar-refractivity contribution is 6.02. The number of carboxylic acids is 1. The number of carbonyl (C=O) groups is 1. The standard InChI is InChI=1S/C26H23N3O3/c1-16-27-15-22(28-16)21-11-5-10-19-20(25(26(30)31)29-24(19)21)12-6-14-32-23-13-4-8-17-7-2-3-9-18(17)23/h2-5,7-11,13,15,29H,6,12,14H2,1H3,(H,27,28)(H,30,31). The van der Waals surface area contributed by atoms with Crippen LogP contribution in [-0.4, -0.2) is 32.6 Å². The van der Waals surface area contributed by atoms with Crippen LogP contribution in [0.5, 0.6) is 5.75 Å². The molecule has 2 aromatic heterocycles. The summed E-state index contributed by atoms with van der Waals surface area (Å²) in [5.74, 6) is 0.697. The van der Waals surface area contributed by atoms with Crippen LogP contribution in [0.3, 0.4) is 0 Å². The van der Waals surface area contributed by atoms with Crippen molar-refractivity contribution in [3.8, 4) is 17.0 Å². The summed E-state index contributed by atoms with van der Waals surface area (Å²) in [6, 6.07) is 20.0. The van der Waals surface area contributed by atoms with Crippen LogP contribution in [0.2, 0.25) is 0 Å². The number of hydrogen-bond acceptors (Lipinski definition) is 3. The molecule has 32 heavy (non-hydrogen) atoms. The van der Waals surface area contributed by atoms with E-state index in [-0.39, 0.29) is 5.69 Å². The third kappa shape index (κ3) is 3.60. The van der Waals surface area contributed by atoms with Crippen molar-refractivity contribution in [2.45, 2.75) is 19.8 Å². The van der Waals surface area contributed by atoms with Gasteiger partial charge >= 0.3 is 5.97 Å². The Bertz CT molecular complexity index is 1430. The Morgan fingerprint density at radius 3 is 2.59 bits per heavy atom. The molecule has 5 aromatic rings. The molecule has 0 saturated carbocycles. The van der Waals surface area contributed by atoms with Gasteiger partial charge in [0.25, 0.3) is 0 Å². The maximum Gasteiger partial charge on any atom is 0.352 e. The van der Waals surface area contributed by atoms with Crippen molar-refractivity contribution in [2.24, 2.45) is 0 Å². The minimum Gasteiger partial charge on any atom is -0.493 e. The number of hydrogen-bond donors (Lipinski definition) is 3. The molecule has 0 fully saturated rings.